The van der Waals surface area contributed by atoms with E-state index in [1.807, 2.05) is 0 Å². The van der Waals surface area contributed by atoms with E-state index in [0.717, 1.165) is 22.7 Å². The molecule has 2 aliphatic carbocycles. The van der Waals surface area contributed by atoms with Gasteiger partial charge in [0.05, 0.1) is 11.0 Å². The first-order chi connectivity index (χ1) is 30.8. The molecule has 0 aliphatic heterocycles. The first-order valence-corrected chi connectivity index (χ1v) is 21.4. The zero-order chi connectivity index (χ0) is 40.7. The molecule has 0 N–H and O–H groups in total. The first kappa shape index (κ1) is 34.6. The number of nitrogens with zero attached hydrogens (tertiary/aromatic N) is 2. The van der Waals surface area contributed by atoms with Crippen LogP contribution in [0.1, 0.15) is 0 Å². The van der Waals surface area contributed by atoms with Crippen molar-refractivity contribution in [2.75, 3.05) is 4.90 Å². The molecule has 0 spiro atoms. The molecule has 2 heteroatoms. The molecule has 0 fully saturated rings. The van der Waals surface area contributed by atoms with Gasteiger partial charge >= 0.3 is 0 Å². The fourth-order valence-electron chi connectivity index (χ4n) is 10.3. The van der Waals surface area contributed by atoms with Crippen LogP contribution in [0.3, 0.4) is 0 Å². The number of benzene rings is 10. The monoisotopic (exact) mass is 786 g/mol. The van der Waals surface area contributed by atoms with E-state index in [-0.39, 0.29) is 0 Å². The van der Waals surface area contributed by atoms with Crippen molar-refractivity contribution in [1.82, 2.24) is 4.57 Å². The zero-order valence-electron chi connectivity index (χ0n) is 33.8. The van der Waals surface area contributed by atoms with Gasteiger partial charge < -0.3 is 9.47 Å². The Labute approximate surface area is 360 Å². The third-order valence-corrected chi connectivity index (χ3v) is 13.1. The lowest BCUT2D eigenvalue weighted by Crippen LogP contribution is -2.09. The highest BCUT2D eigenvalue weighted by atomic mass is 15.1. The molecule has 13 rings (SSSR count). The van der Waals surface area contributed by atoms with Crippen LogP contribution in [0.5, 0.6) is 0 Å². The zero-order valence-corrected chi connectivity index (χ0v) is 33.8. The van der Waals surface area contributed by atoms with Crippen LogP contribution >= 0.6 is 0 Å². The van der Waals surface area contributed by atoms with Crippen LogP contribution in [-0.2, 0) is 0 Å². The summed E-state index contributed by atoms with van der Waals surface area (Å²) in [6, 6.07) is 84.7. The average molecular weight is 787 g/mol. The molecule has 0 amide bonds. The molecule has 10 aromatic carbocycles. The van der Waals surface area contributed by atoms with E-state index in [1.54, 1.807) is 0 Å². The Bertz CT molecular complexity index is 3520. The van der Waals surface area contributed by atoms with Crippen molar-refractivity contribution in [2.24, 2.45) is 0 Å². The van der Waals surface area contributed by atoms with Gasteiger partial charge in [0, 0.05) is 33.5 Å². The van der Waals surface area contributed by atoms with Crippen molar-refractivity contribution < 1.29 is 0 Å². The van der Waals surface area contributed by atoms with Crippen LogP contribution in [0.15, 0.2) is 231 Å². The highest BCUT2D eigenvalue weighted by Crippen LogP contribution is 2.57. The minimum atomic E-state index is 1.11. The lowest BCUT2D eigenvalue weighted by atomic mass is 9.83. The van der Waals surface area contributed by atoms with Gasteiger partial charge in [0.25, 0.3) is 0 Å². The maximum atomic E-state index is 2.42. The van der Waals surface area contributed by atoms with Gasteiger partial charge in [-0.3, -0.25) is 0 Å². The molecule has 6 bridgehead atoms. The van der Waals surface area contributed by atoms with Gasteiger partial charge in [0.15, 0.2) is 0 Å². The molecule has 0 atom stereocenters. The summed E-state index contributed by atoms with van der Waals surface area (Å²) in [7, 11) is 0. The largest absolute Gasteiger partial charge is 0.311 e. The number of rotatable bonds is 6. The molecule has 11 aromatic rings. The van der Waals surface area contributed by atoms with Crippen molar-refractivity contribution in [3.8, 4) is 83.6 Å². The second-order valence-electron chi connectivity index (χ2n) is 16.4. The molecule has 1 aromatic heterocycles. The van der Waals surface area contributed by atoms with E-state index in [1.165, 1.54) is 99.7 Å². The lowest BCUT2D eigenvalue weighted by molar-refractivity contribution is 1.18. The molecule has 2 nitrogen and oxygen atoms in total. The first-order valence-electron chi connectivity index (χ1n) is 21.4. The highest BCUT2D eigenvalue weighted by molar-refractivity contribution is 6.15. The summed E-state index contributed by atoms with van der Waals surface area (Å²) < 4.78 is 2.38. The fourth-order valence-corrected chi connectivity index (χ4v) is 10.3. The summed E-state index contributed by atoms with van der Waals surface area (Å²) in [5, 5.41) is 2.52. The Morgan fingerprint density at radius 1 is 0.258 bits per heavy atom. The van der Waals surface area contributed by atoms with E-state index in [2.05, 4.69) is 240 Å². The number of anilines is 3. The summed E-state index contributed by atoms with van der Waals surface area (Å²) in [6.45, 7) is 0. The van der Waals surface area contributed by atoms with Crippen molar-refractivity contribution in [2.45, 2.75) is 0 Å². The molecule has 0 saturated carbocycles. The molecular formula is C60H38N2. The number of hydrogen-bond acceptors (Lipinski definition) is 1. The van der Waals surface area contributed by atoms with Crippen LogP contribution in [0.4, 0.5) is 17.1 Å². The van der Waals surface area contributed by atoms with Gasteiger partial charge in [-0.25, -0.2) is 0 Å². The van der Waals surface area contributed by atoms with Gasteiger partial charge in [-0.15, -0.1) is 0 Å². The van der Waals surface area contributed by atoms with Crippen molar-refractivity contribution in [3.05, 3.63) is 231 Å². The highest BCUT2D eigenvalue weighted by Gasteiger charge is 2.30. The third-order valence-electron chi connectivity index (χ3n) is 13.1. The minimum Gasteiger partial charge on any atom is -0.311 e. The predicted octanol–water partition coefficient (Wildman–Crippen LogP) is 16.5. The van der Waals surface area contributed by atoms with Crippen LogP contribution in [0, 0.1) is 0 Å². The Morgan fingerprint density at radius 3 is 1.39 bits per heavy atom. The van der Waals surface area contributed by atoms with Crippen LogP contribution in [0.25, 0.3) is 105 Å². The van der Waals surface area contributed by atoms with Crippen LogP contribution < -0.4 is 4.90 Å². The summed E-state index contributed by atoms with van der Waals surface area (Å²) in [5.41, 5.74) is 24.8. The van der Waals surface area contributed by atoms with Gasteiger partial charge in [-0.05, 0) is 145 Å². The summed E-state index contributed by atoms with van der Waals surface area (Å²) in [6.07, 6.45) is 0. The van der Waals surface area contributed by atoms with E-state index in [0.29, 0.717) is 0 Å². The van der Waals surface area contributed by atoms with E-state index < -0.39 is 0 Å². The summed E-state index contributed by atoms with van der Waals surface area (Å²) in [4.78, 5) is 2.35. The number of fused-ring (bicyclic) bond motifs is 7. The fraction of sp³-hybridized carbons (Fsp3) is 0. The molecule has 288 valence electrons. The van der Waals surface area contributed by atoms with Gasteiger partial charge in [0.1, 0.15) is 0 Å². The smallest absolute Gasteiger partial charge is 0.0547 e. The second kappa shape index (κ2) is 13.7. The number of aromatic nitrogens is 1. The Kier molecular flexibility index (Phi) is 7.64. The van der Waals surface area contributed by atoms with E-state index >= 15 is 0 Å². The van der Waals surface area contributed by atoms with Crippen molar-refractivity contribution in [1.29, 1.82) is 0 Å². The lowest BCUT2D eigenvalue weighted by Gasteiger charge is -2.26. The molecule has 0 saturated heterocycles. The van der Waals surface area contributed by atoms with Gasteiger partial charge in [0.2, 0.25) is 0 Å². The molecule has 2 aliphatic rings. The normalized spacial score (nSPS) is 11.9. The average Bonchev–Trinajstić information content (AvgIpc) is 3.62. The van der Waals surface area contributed by atoms with E-state index in [9.17, 15) is 0 Å². The maximum Gasteiger partial charge on any atom is 0.0547 e. The standard InChI is InChI=1S/C60H38N2/c1-3-13-43(14-4-1)61(46-33-27-40(28-34-46)42-30-36-50-49-18-9-10-24-57(49)62(58(50)38-42)44-15-5-2-6-16-44)45-31-25-39(26-32-45)41-29-35-48-53-21-12-22-54-55-23-11-20-52(60(55)56(48)37-41)47-17-7-8-19-51(47)59(53)54/h1-38H. The van der Waals surface area contributed by atoms with Gasteiger partial charge in [-0.1, -0.05) is 164 Å². The SMILES string of the molecule is c1ccc(N(c2ccc(-c3ccc4c(c3)-c3c5cccc3-c3cccc-4c3-c3ccccc3-5)cc2)c2ccc(-c3ccc4c5ccccc5n(-c5ccccc5)c4c3)cc2)cc1. The quantitative estimate of drug-likeness (QED) is 0.163. The summed E-state index contributed by atoms with van der Waals surface area (Å²) >= 11 is 0. The van der Waals surface area contributed by atoms with Crippen LogP contribution in [0.2, 0.25) is 0 Å². The molecule has 0 radical (unpaired) electrons. The third kappa shape index (κ3) is 5.23. The topological polar surface area (TPSA) is 8.17 Å². The van der Waals surface area contributed by atoms with Gasteiger partial charge in [-0.2, -0.15) is 0 Å². The van der Waals surface area contributed by atoms with Crippen molar-refractivity contribution >= 4 is 38.9 Å². The minimum absolute atomic E-state index is 1.11. The number of hydrogen-bond donors (Lipinski definition) is 0. The maximum absolute atomic E-state index is 2.42. The molecular weight excluding hydrogens is 749 g/mol. The Morgan fingerprint density at radius 2 is 0.710 bits per heavy atom. The Hall–Kier alpha value is -8.20. The molecule has 0 unspecified atom stereocenters. The molecule has 1 heterocycles. The van der Waals surface area contributed by atoms with E-state index in [4.69, 9.17) is 0 Å². The second-order valence-corrected chi connectivity index (χ2v) is 16.4. The number of para-hydroxylation sites is 3. The summed E-state index contributed by atoms with van der Waals surface area (Å²) in [5.74, 6) is 0. The molecule has 62 heavy (non-hydrogen) atoms. The Balaban J connectivity index is 0.874. The van der Waals surface area contributed by atoms with Crippen LogP contribution in [-0.4, -0.2) is 4.57 Å². The van der Waals surface area contributed by atoms with Crippen molar-refractivity contribution in [3.63, 3.8) is 0 Å². The predicted molar refractivity (Wildman–Crippen MR) is 261 cm³/mol.